The smallest absolute Gasteiger partial charge is 0.416 e. The van der Waals surface area contributed by atoms with Crippen LogP contribution in [0.1, 0.15) is 53.9 Å². The van der Waals surface area contributed by atoms with Gasteiger partial charge in [-0.05, 0) is 49.2 Å². The molecular weight excluding hydrogens is 611 g/mol. The van der Waals surface area contributed by atoms with Crippen LogP contribution in [-0.4, -0.2) is 32.3 Å². The van der Waals surface area contributed by atoms with E-state index in [2.05, 4.69) is 5.32 Å². The number of fused-ring (bicyclic) bond motifs is 2. The van der Waals surface area contributed by atoms with E-state index in [0.717, 1.165) is 34.4 Å². The number of carbonyl (C=O) groups excluding carboxylic acids is 1. The van der Waals surface area contributed by atoms with Gasteiger partial charge < -0.3 is 23.6 Å². The summed E-state index contributed by atoms with van der Waals surface area (Å²) in [6.07, 6.45) is -3.88. The van der Waals surface area contributed by atoms with Gasteiger partial charge in [0.05, 0.1) is 23.6 Å². The maximum absolute atomic E-state index is 12.7. The summed E-state index contributed by atoms with van der Waals surface area (Å²) in [5.74, 6) is 1.37. The molecule has 5 aromatic rings. The Bertz CT molecular complexity index is 1770. The topological polar surface area (TPSA) is 90.9 Å². The maximum Gasteiger partial charge on any atom is 0.416 e. The zero-order valence-electron chi connectivity index (χ0n) is 25.3. The van der Waals surface area contributed by atoms with Gasteiger partial charge in [-0.2, -0.15) is 13.2 Å². The van der Waals surface area contributed by atoms with Crippen LogP contribution in [0.3, 0.4) is 0 Å². The van der Waals surface area contributed by atoms with Gasteiger partial charge in [-0.25, -0.2) is 9.59 Å². The molecule has 3 aromatic carbocycles. The van der Waals surface area contributed by atoms with E-state index in [1.165, 1.54) is 12.1 Å². The van der Waals surface area contributed by atoms with Gasteiger partial charge in [-0.1, -0.05) is 50.2 Å². The van der Waals surface area contributed by atoms with Gasteiger partial charge in [-0.3, -0.25) is 0 Å². The number of furan rings is 1. The molecule has 0 aliphatic carbocycles. The van der Waals surface area contributed by atoms with Crippen LogP contribution in [0, 0.1) is 0 Å². The molecule has 11 heteroatoms. The summed E-state index contributed by atoms with van der Waals surface area (Å²) in [7, 11) is 1.63. The Morgan fingerprint density at radius 3 is 2.31 bits per heavy atom. The van der Waals surface area contributed by atoms with Crippen molar-refractivity contribution in [1.82, 2.24) is 5.32 Å². The first-order chi connectivity index (χ1) is 21.0. The SMILES string of the molecule is CC(Cc1cccc(C(F)(F)F)c1)NCCOC(=O)c1ccccc1.COc1c(C(C)C)oc2cc3oc(=O)ccc3cc12.Cl. The van der Waals surface area contributed by atoms with Crippen molar-refractivity contribution >= 4 is 40.3 Å². The number of esters is 1. The summed E-state index contributed by atoms with van der Waals surface area (Å²) in [6, 6.07) is 20.7. The van der Waals surface area contributed by atoms with Crippen LogP contribution in [0.25, 0.3) is 21.9 Å². The van der Waals surface area contributed by atoms with Crippen molar-refractivity contribution in [3.8, 4) is 5.75 Å². The third kappa shape index (κ3) is 9.36. The van der Waals surface area contributed by atoms with Crippen molar-refractivity contribution in [1.29, 1.82) is 0 Å². The van der Waals surface area contributed by atoms with Crippen LogP contribution >= 0.6 is 12.4 Å². The predicted octanol–water partition coefficient (Wildman–Crippen LogP) is 8.18. The zero-order valence-corrected chi connectivity index (χ0v) is 26.1. The van der Waals surface area contributed by atoms with E-state index >= 15 is 0 Å². The van der Waals surface area contributed by atoms with Crippen molar-refractivity contribution in [3.05, 3.63) is 112 Å². The molecule has 5 rings (SSSR count). The first kappa shape index (κ1) is 35.2. The van der Waals surface area contributed by atoms with Crippen molar-refractivity contribution in [2.45, 2.75) is 45.3 Å². The molecule has 0 spiro atoms. The van der Waals surface area contributed by atoms with Crippen LogP contribution < -0.4 is 15.7 Å². The summed E-state index contributed by atoms with van der Waals surface area (Å²) < 4.78 is 59.7. The Morgan fingerprint density at radius 1 is 0.911 bits per heavy atom. The number of alkyl halides is 3. The van der Waals surface area contributed by atoms with Crippen LogP contribution in [0.2, 0.25) is 0 Å². The Hall–Kier alpha value is -4.28. The molecule has 0 fully saturated rings. The minimum Gasteiger partial charge on any atom is -0.492 e. The Morgan fingerprint density at radius 2 is 1.64 bits per heavy atom. The second kappa shape index (κ2) is 15.6. The average molecular weight is 646 g/mol. The van der Waals surface area contributed by atoms with Crippen molar-refractivity contribution in [2.75, 3.05) is 20.3 Å². The molecule has 1 unspecified atom stereocenters. The second-order valence-corrected chi connectivity index (χ2v) is 10.6. The number of benzene rings is 3. The maximum atomic E-state index is 12.7. The second-order valence-electron chi connectivity index (χ2n) is 10.6. The number of rotatable bonds is 9. The highest BCUT2D eigenvalue weighted by molar-refractivity contribution is 5.97. The van der Waals surface area contributed by atoms with E-state index in [0.29, 0.717) is 35.3 Å². The number of halogens is 4. The summed E-state index contributed by atoms with van der Waals surface area (Å²) in [5, 5.41) is 4.88. The molecule has 240 valence electrons. The third-order valence-corrected chi connectivity index (χ3v) is 6.77. The van der Waals surface area contributed by atoms with E-state index in [-0.39, 0.29) is 36.6 Å². The molecule has 1 N–H and O–H groups in total. The number of carbonyl (C=O) groups is 1. The highest BCUT2D eigenvalue weighted by atomic mass is 35.5. The van der Waals surface area contributed by atoms with Gasteiger partial charge in [0.1, 0.15) is 23.5 Å². The third-order valence-electron chi connectivity index (χ3n) is 6.77. The molecule has 0 amide bonds. The van der Waals surface area contributed by atoms with Crippen LogP contribution in [-0.2, 0) is 17.3 Å². The Balaban J connectivity index is 0.000000248. The van der Waals surface area contributed by atoms with Crippen molar-refractivity contribution in [2.24, 2.45) is 0 Å². The summed E-state index contributed by atoms with van der Waals surface area (Å²) >= 11 is 0. The lowest BCUT2D eigenvalue weighted by atomic mass is 10.0. The molecule has 1 atom stereocenters. The van der Waals surface area contributed by atoms with E-state index in [9.17, 15) is 22.8 Å². The zero-order chi connectivity index (χ0) is 31.9. The number of methoxy groups -OCH3 is 1. The van der Waals surface area contributed by atoms with Gasteiger partial charge >= 0.3 is 17.8 Å². The molecule has 0 radical (unpaired) electrons. The normalized spacial score (nSPS) is 11.9. The molecule has 2 heterocycles. The minimum absolute atomic E-state index is 0. The summed E-state index contributed by atoms with van der Waals surface area (Å²) in [4.78, 5) is 23.0. The van der Waals surface area contributed by atoms with Crippen molar-refractivity contribution in [3.63, 3.8) is 0 Å². The van der Waals surface area contributed by atoms with E-state index < -0.39 is 17.7 Å². The standard InChI is InChI=1S/C19H20F3NO2.C15H14O4.ClH/c1-14(12-15-6-5-9-17(13-15)19(20,21)22)23-10-11-25-18(24)16-7-3-2-4-8-16;1-8(2)14-15(17-3)10-6-9-4-5-13(16)18-11(9)7-12(10)19-14;/h2-9,13-14,23H,10-12H2,1H3;4-8H,1-3H3;1H. The highest BCUT2D eigenvalue weighted by Gasteiger charge is 2.30. The number of ether oxygens (including phenoxy) is 2. The minimum atomic E-state index is -4.34. The largest absolute Gasteiger partial charge is 0.492 e. The average Bonchev–Trinajstić information content (AvgIpc) is 3.36. The van der Waals surface area contributed by atoms with Gasteiger partial charge in [0, 0.05) is 36.0 Å². The fraction of sp³-hybridized carbons (Fsp3) is 0.294. The van der Waals surface area contributed by atoms with Gasteiger partial charge in [0.15, 0.2) is 5.75 Å². The summed E-state index contributed by atoms with van der Waals surface area (Å²) in [5.41, 5.74) is 1.27. The molecule has 7 nitrogen and oxygen atoms in total. The predicted molar refractivity (Wildman–Crippen MR) is 169 cm³/mol. The molecule has 0 saturated carbocycles. The molecule has 0 aliphatic heterocycles. The van der Waals surface area contributed by atoms with Crippen LogP contribution in [0.4, 0.5) is 13.2 Å². The van der Waals surface area contributed by atoms with E-state index in [1.807, 2.05) is 32.9 Å². The van der Waals surface area contributed by atoms with Crippen molar-refractivity contribution < 1.29 is 36.3 Å². The summed E-state index contributed by atoms with van der Waals surface area (Å²) in [6.45, 7) is 6.58. The van der Waals surface area contributed by atoms with Gasteiger partial charge in [-0.15, -0.1) is 12.4 Å². The quantitative estimate of drug-likeness (QED) is 0.0982. The Kier molecular flexibility index (Phi) is 12.2. The molecule has 2 aromatic heterocycles. The first-order valence-electron chi connectivity index (χ1n) is 14.1. The Labute approximate surface area is 264 Å². The van der Waals surface area contributed by atoms with E-state index in [4.69, 9.17) is 18.3 Å². The van der Waals surface area contributed by atoms with E-state index in [1.54, 1.807) is 49.6 Å². The molecule has 0 bridgehead atoms. The number of hydrogen-bond acceptors (Lipinski definition) is 7. The lowest BCUT2D eigenvalue weighted by Crippen LogP contribution is -2.31. The van der Waals surface area contributed by atoms with Gasteiger partial charge in [0.2, 0.25) is 0 Å². The number of hydrogen-bond donors (Lipinski definition) is 1. The van der Waals surface area contributed by atoms with Crippen LogP contribution in [0.5, 0.6) is 5.75 Å². The van der Waals surface area contributed by atoms with Crippen LogP contribution in [0.15, 0.2) is 92.5 Å². The fourth-order valence-electron chi connectivity index (χ4n) is 4.65. The molecule has 0 saturated heterocycles. The highest BCUT2D eigenvalue weighted by Crippen LogP contribution is 2.39. The number of nitrogens with one attached hydrogen (secondary N) is 1. The fourth-order valence-corrected chi connectivity index (χ4v) is 4.65. The molecule has 0 aliphatic rings. The first-order valence-corrected chi connectivity index (χ1v) is 14.1. The lowest BCUT2D eigenvalue weighted by molar-refractivity contribution is -0.137. The lowest BCUT2D eigenvalue weighted by Gasteiger charge is -2.15. The monoisotopic (exact) mass is 645 g/mol. The molecular formula is C34H35ClF3NO6. The van der Waals surface area contributed by atoms with Gasteiger partial charge in [0.25, 0.3) is 0 Å². The molecule has 45 heavy (non-hydrogen) atoms.